The highest BCUT2D eigenvalue weighted by molar-refractivity contribution is 5.80. The van der Waals surface area contributed by atoms with Crippen LogP contribution in [0, 0.1) is 5.41 Å². The van der Waals surface area contributed by atoms with Gasteiger partial charge in [0.2, 0.25) is 5.82 Å². The third-order valence-corrected chi connectivity index (χ3v) is 3.96. The lowest BCUT2D eigenvalue weighted by Gasteiger charge is -2.23. The topological polar surface area (TPSA) is 82.3 Å². The molecule has 1 fully saturated rings. The van der Waals surface area contributed by atoms with Crippen molar-refractivity contribution in [1.29, 1.82) is 0 Å². The molecule has 2 aromatic rings. The van der Waals surface area contributed by atoms with Gasteiger partial charge in [-0.1, -0.05) is 13.8 Å². The number of rotatable bonds is 4. The maximum absolute atomic E-state index is 5.30. The number of aliphatic imine (C=N–C) groups is 1. The molecule has 0 aliphatic carbocycles. The molecule has 0 radical (unpaired) electrons. The molecule has 7 nitrogen and oxygen atoms in total. The molecule has 0 saturated carbocycles. The first-order valence-electron chi connectivity index (χ1n) is 8.06. The highest BCUT2D eigenvalue weighted by atomic mass is 16.3. The van der Waals surface area contributed by atoms with Gasteiger partial charge in [0.1, 0.15) is 12.4 Å². The third-order valence-electron chi connectivity index (χ3n) is 3.96. The van der Waals surface area contributed by atoms with E-state index in [1.165, 1.54) is 6.42 Å². The van der Waals surface area contributed by atoms with Crippen molar-refractivity contribution in [2.24, 2.45) is 10.4 Å². The lowest BCUT2D eigenvalue weighted by Crippen LogP contribution is -2.40. The molecule has 7 heteroatoms. The van der Waals surface area contributed by atoms with Crippen LogP contribution in [-0.4, -0.2) is 45.7 Å². The quantitative estimate of drug-likeness (QED) is 0.668. The smallest absolute Gasteiger partial charge is 0.216 e. The minimum atomic E-state index is 0.342. The summed E-state index contributed by atoms with van der Waals surface area (Å²) in [5, 5.41) is 10.5. The molecule has 0 spiro atoms. The third kappa shape index (κ3) is 3.72. The number of H-pyrrole nitrogens is 1. The summed E-state index contributed by atoms with van der Waals surface area (Å²) < 4.78 is 5.30. The van der Waals surface area contributed by atoms with Gasteiger partial charge >= 0.3 is 0 Å². The molecule has 0 atom stereocenters. The van der Waals surface area contributed by atoms with Gasteiger partial charge in [0.05, 0.1) is 6.26 Å². The van der Waals surface area contributed by atoms with Gasteiger partial charge in [-0.3, -0.25) is 5.10 Å². The van der Waals surface area contributed by atoms with Crippen molar-refractivity contribution in [1.82, 2.24) is 25.4 Å². The predicted octanol–water partition coefficient (Wildman–Crippen LogP) is 2.26. The predicted molar refractivity (Wildman–Crippen MR) is 88.9 cm³/mol. The van der Waals surface area contributed by atoms with Crippen molar-refractivity contribution in [2.45, 2.75) is 33.7 Å². The second-order valence-electron chi connectivity index (χ2n) is 6.59. The van der Waals surface area contributed by atoms with E-state index < -0.39 is 0 Å². The number of hydrogen-bond acceptors (Lipinski definition) is 4. The van der Waals surface area contributed by atoms with Crippen LogP contribution in [0.2, 0.25) is 0 Å². The average molecular weight is 316 g/mol. The van der Waals surface area contributed by atoms with E-state index in [-0.39, 0.29) is 0 Å². The fourth-order valence-electron chi connectivity index (χ4n) is 2.75. The van der Waals surface area contributed by atoms with Crippen LogP contribution in [0.1, 0.15) is 33.0 Å². The molecule has 1 saturated heterocycles. The number of nitrogens with zero attached hydrogens (tertiary/aromatic N) is 4. The monoisotopic (exact) mass is 316 g/mol. The summed E-state index contributed by atoms with van der Waals surface area (Å²) >= 11 is 0. The molecular weight excluding hydrogens is 292 g/mol. The second kappa shape index (κ2) is 6.44. The molecule has 124 valence electrons. The van der Waals surface area contributed by atoms with Gasteiger partial charge in [0.25, 0.3) is 0 Å². The molecule has 0 amide bonds. The zero-order valence-electron chi connectivity index (χ0n) is 14.0. The zero-order valence-corrected chi connectivity index (χ0v) is 14.0. The SMILES string of the molecule is CCNC(=NCc1nc(-c2ccco2)n[nH]1)N1CCC(C)(C)C1. The van der Waals surface area contributed by atoms with Gasteiger partial charge < -0.3 is 14.6 Å². The maximum Gasteiger partial charge on any atom is 0.216 e. The van der Waals surface area contributed by atoms with E-state index >= 15 is 0 Å². The number of aromatic nitrogens is 3. The first-order chi connectivity index (χ1) is 11.1. The van der Waals surface area contributed by atoms with Gasteiger partial charge in [-0.2, -0.15) is 0 Å². The maximum atomic E-state index is 5.30. The van der Waals surface area contributed by atoms with Crippen LogP contribution < -0.4 is 5.32 Å². The minimum Gasteiger partial charge on any atom is -0.461 e. The zero-order chi connectivity index (χ0) is 16.3. The van der Waals surface area contributed by atoms with Gasteiger partial charge in [-0.15, -0.1) is 5.10 Å². The van der Waals surface area contributed by atoms with Crippen molar-refractivity contribution >= 4 is 5.96 Å². The van der Waals surface area contributed by atoms with E-state index in [1.807, 2.05) is 12.1 Å². The second-order valence-corrected chi connectivity index (χ2v) is 6.59. The normalized spacial score (nSPS) is 17.7. The Labute approximate surface area is 136 Å². The number of likely N-dealkylation sites (tertiary alicyclic amines) is 1. The Kier molecular flexibility index (Phi) is 4.36. The summed E-state index contributed by atoms with van der Waals surface area (Å²) in [5.41, 5.74) is 0.342. The Balaban J connectivity index is 1.69. The van der Waals surface area contributed by atoms with Crippen LogP contribution in [0.15, 0.2) is 27.8 Å². The Morgan fingerprint density at radius 1 is 1.52 bits per heavy atom. The molecule has 0 aromatic carbocycles. The van der Waals surface area contributed by atoms with Crippen molar-refractivity contribution in [3.8, 4) is 11.6 Å². The average Bonchev–Trinajstić information content (AvgIpc) is 3.23. The van der Waals surface area contributed by atoms with Crippen LogP contribution in [0.4, 0.5) is 0 Å². The Morgan fingerprint density at radius 2 is 2.39 bits per heavy atom. The lowest BCUT2D eigenvalue weighted by atomic mass is 9.93. The summed E-state index contributed by atoms with van der Waals surface area (Å²) in [5.74, 6) is 2.89. The fraction of sp³-hybridized carbons (Fsp3) is 0.562. The van der Waals surface area contributed by atoms with Crippen molar-refractivity contribution < 1.29 is 4.42 Å². The first kappa shape index (κ1) is 15.6. The summed E-state index contributed by atoms with van der Waals surface area (Å²) in [7, 11) is 0. The van der Waals surface area contributed by atoms with E-state index in [9.17, 15) is 0 Å². The highest BCUT2D eigenvalue weighted by Crippen LogP contribution is 2.28. The van der Waals surface area contributed by atoms with Gasteiger partial charge in [0, 0.05) is 19.6 Å². The van der Waals surface area contributed by atoms with Crippen LogP contribution in [-0.2, 0) is 6.54 Å². The molecule has 0 unspecified atom stereocenters. The van der Waals surface area contributed by atoms with E-state index in [2.05, 4.69) is 46.2 Å². The van der Waals surface area contributed by atoms with Crippen molar-refractivity contribution in [2.75, 3.05) is 19.6 Å². The number of aromatic amines is 1. The van der Waals surface area contributed by atoms with Crippen LogP contribution in [0.5, 0.6) is 0 Å². The molecule has 3 rings (SSSR count). The Hall–Kier alpha value is -2.31. The van der Waals surface area contributed by atoms with Gasteiger partial charge in [-0.25, -0.2) is 9.98 Å². The minimum absolute atomic E-state index is 0.342. The number of guanidine groups is 1. The van der Waals surface area contributed by atoms with Crippen molar-refractivity contribution in [3.63, 3.8) is 0 Å². The summed E-state index contributed by atoms with van der Waals surface area (Å²) in [4.78, 5) is 11.4. The van der Waals surface area contributed by atoms with Crippen LogP contribution >= 0.6 is 0 Å². The molecule has 0 bridgehead atoms. The standard InChI is InChI=1S/C16H24N6O/c1-4-17-15(22-8-7-16(2,3)11-22)18-10-13-19-14(21-20-13)12-6-5-9-23-12/h5-6,9H,4,7-8,10-11H2,1-3H3,(H,17,18)(H,19,20,21). The van der Waals surface area contributed by atoms with E-state index in [0.29, 0.717) is 23.5 Å². The van der Waals surface area contributed by atoms with Crippen molar-refractivity contribution in [3.05, 3.63) is 24.2 Å². The van der Waals surface area contributed by atoms with Gasteiger partial charge in [0.15, 0.2) is 11.7 Å². The Bertz CT molecular complexity index is 658. The highest BCUT2D eigenvalue weighted by Gasteiger charge is 2.30. The molecule has 2 aromatic heterocycles. The number of furan rings is 1. The number of hydrogen-bond donors (Lipinski definition) is 2. The summed E-state index contributed by atoms with van der Waals surface area (Å²) in [6, 6.07) is 3.66. The Morgan fingerprint density at radius 3 is 3.04 bits per heavy atom. The molecule has 3 heterocycles. The molecular formula is C16H24N6O. The van der Waals surface area contributed by atoms with Gasteiger partial charge in [-0.05, 0) is 30.9 Å². The molecule has 1 aliphatic rings. The van der Waals surface area contributed by atoms with Crippen LogP contribution in [0.25, 0.3) is 11.6 Å². The van der Waals surface area contributed by atoms with E-state index in [1.54, 1.807) is 6.26 Å². The summed E-state index contributed by atoms with van der Waals surface area (Å²) in [6.07, 6.45) is 2.80. The van der Waals surface area contributed by atoms with Crippen LogP contribution in [0.3, 0.4) is 0 Å². The lowest BCUT2D eigenvalue weighted by molar-refractivity contribution is 0.370. The largest absolute Gasteiger partial charge is 0.461 e. The first-order valence-corrected chi connectivity index (χ1v) is 8.06. The summed E-state index contributed by atoms with van der Waals surface area (Å²) in [6.45, 7) is 10.0. The molecule has 2 N–H and O–H groups in total. The number of nitrogens with one attached hydrogen (secondary N) is 2. The molecule has 1 aliphatic heterocycles. The van der Waals surface area contributed by atoms with E-state index in [4.69, 9.17) is 9.41 Å². The van der Waals surface area contributed by atoms with E-state index in [0.717, 1.165) is 31.4 Å². The fourth-order valence-corrected chi connectivity index (χ4v) is 2.75. The molecule has 23 heavy (non-hydrogen) atoms.